The molecule has 4 rings (SSSR count). The number of nitrogens with zero attached hydrogens (tertiary/aromatic N) is 3. The minimum Gasteiger partial charge on any atom is -0.467 e. The maximum absolute atomic E-state index is 12.6. The summed E-state index contributed by atoms with van der Waals surface area (Å²) in [5, 5.41) is 3.05. The molecule has 0 atom stereocenters. The molecule has 2 fully saturated rings. The highest BCUT2D eigenvalue weighted by molar-refractivity contribution is 5.74. The van der Waals surface area contributed by atoms with Gasteiger partial charge in [0.2, 0.25) is 0 Å². The first kappa shape index (κ1) is 16.0. The maximum Gasteiger partial charge on any atom is 0.318 e. The number of hydrogen-bond acceptors (Lipinski definition) is 4. The number of amides is 2. The minimum atomic E-state index is -0.0292. The van der Waals surface area contributed by atoms with Crippen LogP contribution in [0.4, 0.5) is 10.6 Å². The fourth-order valence-electron chi connectivity index (χ4n) is 3.29. The van der Waals surface area contributed by atoms with Gasteiger partial charge < -0.3 is 19.5 Å². The van der Waals surface area contributed by atoms with Crippen molar-refractivity contribution in [1.82, 2.24) is 15.2 Å². The molecule has 2 aromatic rings. The Morgan fingerprint density at radius 2 is 2.16 bits per heavy atom. The van der Waals surface area contributed by atoms with Crippen LogP contribution in [-0.2, 0) is 13.1 Å². The first-order chi connectivity index (χ1) is 12.3. The van der Waals surface area contributed by atoms with Crippen molar-refractivity contribution in [3.05, 3.63) is 48.0 Å². The Morgan fingerprint density at radius 1 is 1.32 bits per heavy atom. The Labute approximate surface area is 147 Å². The van der Waals surface area contributed by atoms with Crippen LogP contribution in [0, 0.1) is 0 Å². The van der Waals surface area contributed by atoms with E-state index in [9.17, 15) is 4.79 Å². The van der Waals surface area contributed by atoms with Crippen molar-refractivity contribution in [2.75, 3.05) is 18.0 Å². The first-order valence-corrected chi connectivity index (χ1v) is 9.06. The van der Waals surface area contributed by atoms with Gasteiger partial charge in [0.15, 0.2) is 0 Å². The molecule has 0 bridgehead atoms. The molecule has 1 saturated carbocycles. The summed E-state index contributed by atoms with van der Waals surface area (Å²) in [5.41, 5.74) is 1.08. The van der Waals surface area contributed by atoms with Crippen molar-refractivity contribution < 1.29 is 9.21 Å². The lowest BCUT2D eigenvalue weighted by molar-refractivity contribution is 0.186. The molecular formula is C19H24N4O2. The molecule has 0 aromatic carbocycles. The van der Waals surface area contributed by atoms with Gasteiger partial charge in [0.25, 0.3) is 0 Å². The van der Waals surface area contributed by atoms with Gasteiger partial charge in [-0.25, -0.2) is 9.78 Å². The van der Waals surface area contributed by atoms with Crippen LogP contribution in [0.25, 0.3) is 0 Å². The van der Waals surface area contributed by atoms with E-state index in [4.69, 9.17) is 4.42 Å². The molecule has 6 nitrogen and oxygen atoms in total. The number of rotatable bonds is 6. The number of urea groups is 1. The van der Waals surface area contributed by atoms with Crippen molar-refractivity contribution in [3.8, 4) is 0 Å². The second kappa shape index (κ2) is 7.17. The zero-order valence-corrected chi connectivity index (χ0v) is 14.4. The van der Waals surface area contributed by atoms with Gasteiger partial charge in [-0.05, 0) is 55.5 Å². The monoisotopic (exact) mass is 340 g/mol. The number of hydrogen-bond donors (Lipinski definition) is 1. The Balaban J connectivity index is 1.36. The zero-order chi connectivity index (χ0) is 17.1. The molecule has 132 valence electrons. The maximum atomic E-state index is 12.6. The summed E-state index contributed by atoms with van der Waals surface area (Å²) in [6.07, 6.45) is 8.08. The number of anilines is 1. The number of pyridine rings is 1. The average molecular weight is 340 g/mol. The topological polar surface area (TPSA) is 61.6 Å². The van der Waals surface area contributed by atoms with Crippen molar-refractivity contribution >= 4 is 11.8 Å². The third-order valence-electron chi connectivity index (χ3n) is 4.84. The molecule has 1 N–H and O–H groups in total. The van der Waals surface area contributed by atoms with Gasteiger partial charge in [0.05, 0.1) is 12.8 Å². The van der Waals surface area contributed by atoms with Crippen molar-refractivity contribution in [2.45, 2.75) is 44.8 Å². The van der Waals surface area contributed by atoms with Gasteiger partial charge in [-0.1, -0.05) is 0 Å². The van der Waals surface area contributed by atoms with Crippen molar-refractivity contribution in [2.24, 2.45) is 0 Å². The average Bonchev–Trinajstić information content (AvgIpc) is 3.12. The molecule has 25 heavy (non-hydrogen) atoms. The van der Waals surface area contributed by atoms with Gasteiger partial charge in [0.1, 0.15) is 11.6 Å². The molecule has 2 aromatic heterocycles. The van der Waals surface area contributed by atoms with Crippen LogP contribution in [0.2, 0.25) is 0 Å². The van der Waals surface area contributed by atoms with E-state index in [2.05, 4.69) is 21.3 Å². The highest BCUT2D eigenvalue weighted by atomic mass is 16.3. The summed E-state index contributed by atoms with van der Waals surface area (Å²) in [7, 11) is 0. The standard InChI is InChI=1S/C19H24N4O2/c24-19(23(16-5-6-16)14-17-4-3-11-25-17)21-13-15-7-8-20-18(12-15)22-9-1-2-10-22/h3-4,7-8,11-12,16H,1-2,5-6,9-10,13-14H2,(H,21,24). The predicted molar refractivity (Wildman–Crippen MR) is 95.2 cm³/mol. The van der Waals surface area contributed by atoms with E-state index >= 15 is 0 Å². The highest BCUT2D eigenvalue weighted by Crippen LogP contribution is 2.28. The van der Waals surface area contributed by atoms with Crippen molar-refractivity contribution in [1.29, 1.82) is 0 Å². The first-order valence-electron chi connectivity index (χ1n) is 9.06. The van der Waals surface area contributed by atoms with E-state index in [0.29, 0.717) is 19.1 Å². The summed E-state index contributed by atoms with van der Waals surface area (Å²) in [6, 6.07) is 8.12. The van der Waals surface area contributed by atoms with Crippen LogP contribution in [0.3, 0.4) is 0 Å². The van der Waals surface area contributed by atoms with Crippen LogP contribution in [0.15, 0.2) is 41.1 Å². The van der Waals surface area contributed by atoms with Crippen LogP contribution >= 0.6 is 0 Å². The normalized spacial score (nSPS) is 16.9. The molecule has 0 unspecified atom stereocenters. The number of furan rings is 1. The summed E-state index contributed by atoms with van der Waals surface area (Å²) in [5.74, 6) is 1.83. The largest absolute Gasteiger partial charge is 0.467 e. The molecule has 1 aliphatic heterocycles. The smallest absolute Gasteiger partial charge is 0.318 e. The van der Waals surface area contributed by atoms with Crippen LogP contribution in [-0.4, -0.2) is 35.0 Å². The number of carbonyl (C=O) groups excluding carboxylic acids is 1. The SMILES string of the molecule is O=C(NCc1ccnc(N2CCCC2)c1)N(Cc1ccco1)C1CC1. The highest BCUT2D eigenvalue weighted by Gasteiger charge is 2.33. The molecule has 6 heteroatoms. The summed E-state index contributed by atoms with van der Waals surface area (Å²) < 4.78 is 5.39. The van der Waals surface area contributed by atoms with Gasteiger partial charge in [-0.2, -0.15) is 0 Å². The van der Waals surface area contributed by atoms with E-state index in [1.165, 1.54) is 12.8 Å². The Morgan fingerprint density at radius 3 is 2.88 bits per heavy atom. The molecular weight excluding hydrogens is 316 g/mol. The van der Waals surface area contributed by atoms with Gasteiger partial charge >= 0.3 is 6.03 Å². The molecule has 0 radical (unpaired) electrons. The van der Waals surface area contributed by atoms with Gasteiger partial charge in [-0.3, -0.25) is 0 Å². The quantitative estimate of drug-likeness (QED) is 0.877. The van der Waals surface area contributed by atoms with Crippen LogP contribution in [0.1, 0.15) is 37.0 Å². The van der Waals surface area contributed by atoms with Gasteiger partial charge in [-0.15, -0.1) is 0 Å². The second-order valence-corrected chi connectivity index (χ2v) is 6.81. The fourth-order valence-corrected chi connectivity index (χ4v) is 3.29. The lowest BCUT2D eigenvalue weighted by atomic mass is 10.2. The lowest BCUT2D eigenvalue weighted by Crippen LogP contribution is -2.40. The molecule has 2 aliphatic rings. The second-order valence-electron chi connectivity index (χ2n) is 6.81. The summed E-state index contributed by atoms with van der Waals surface area (Å²) in [6.45, 7) is 3.19. The predicted octanol–water partition coefficient (Wildman–Crippen LogP) is 3.15. The summed E-state index contributed by atoms with van der Waals surface area (Å²) >= 11 is 0. The van der Waals surface area contributed by atoms with Crippen LogP contribution in [0.5, 0.6) is 0 Å². The third kappa shape index (κ3) is 3.95. The zero-order valence-electron chi connectivity index (χ0n) is 14.4. The Hall–Kier alpha value is -2.50. The Bertz CT molecular complexity index is 706. The molecule has 0 spiro atoms. The number of nitrogens with one attached hydrogen (secondary N) is 1. The molecule has 2 amide bonds. The number of aromatic nitrogens is 1. The summed E-state index contributed by atoms with van der Waals surface area (Å²) in [4.78, 5) is 21.3. The molecule has 3 heterocycles. The lowest BCUT2D eigenvalue weighted by Gasteiger charge is -2.22. The molecule has 1 saturated heterocycles. The number of carbonyl (C=O) groups is 1. The Kier molecular flexibility index (Phi) is 4.59. The molecule has 1 aliphatic carbocycles. The van der Waals surface area contributed by atoms with E-state index in [-0.39, 0.29) is 6.03 Å². The third-order valence-corrected chi connectivity index (χ3v) is 4.84. The van der Waals surface area contributed by atoms with E-state index < -0.39 is 0 Å². The van der Waals surface area contributed by atoms with E-state index in [1.807, 2.05) is 29.3 Å². The van der Waals surface area contributed by atoms with E-state index in [1.54, 1.807) is 6.26 Å². The van der Waals surface area contributed by atoms with Gasteiger partial charge in [0, 0.05) is 31.9 Å². The van der Waals surface area contributed by atoms with Crippen molar-refractivity contribution in [3.63, 3.8) is 0 Å². The van der Waals surface area contributed by atoms with E-state index in [0.717, 1.165) is 43.1 Å². The van der Waals surface area contributed by atoms with Crippen LogP contribution < -0.4 is 10.2 Å². The minimum absolute atomic E-state index is 0.0292. The fraction of sp³-hybridized carbons (Fsp3) is 0.474.